The van der Waals surface area contributed by atoms with Crippen LogP contribution in [0.3, 0.4) is 0 Å². The molecule has 6 nitrogen and oxygen atoms in total. The van der Waals surface area contributed by atoms with E-state index in [9.17, 15) is 4.79 Å². The Morgan fingerprint density at radius 2 is 2.33 bits per heavy atom. The van der Waals surface area contributed by atoms with Crippen LogP contribution in [0.2, 0.25) is 0 Å². The highest BCUT2D eigenvalue weighted by atomic mass is 16.5. The molecule has 3 N–H and O–H groups in total. The topological polar surface area (TPSA) is 76.8 Å². The number of amides is 1. The molecule has 1 aliphatic heterocycles. The molecule has 1 atom stereocenters. The number of nitrogens with one attached hydrogen (secondary N) is 1. The van der Waals surface area contributed by atoms with Crippen LogP contribution in [0.4, 0.5) is 16.2 Å². The fraction of sp³-hybridized carbons (Fsp3) is 0.533. The van der Waals surface area contributed by atoms with Crippen molar-refractivity contribution in [3.05, 3.63) is 18.2 Å². The maximum atomic E-state index is 11.3. The number of carbonyl (C=O) groups is 1. The van der Waals surface area contributed by atoms with Crippen LogP contribution in [0, 0.1) is 0 Å². The smallest absolute Gasteiger partial charge is 0.407 e. The maximum Gasteiger partial charge on any atom is 0.407 e. The number of nitrogen functional groups attached to an aromatic ring is 1. The third-order valence-corrected chi connectivity index (χ3v) is 3.54. The summed E-state index contributed by atoms with van der Waals surface area (Å²) in [5.74, 6) is 0.721. The summed E-state index contributed by atoms with van der Waals surface area (Å²) in [6.07, 6.45) is 1.42. The second-order valence-electron chi connectivity index (χ2n) is 5.10. The molecule has 1 unspecified atom stereocenters. The first-order valence-corrected chi connectivity index (χ1v) is 7.26. The van der Waals surface area contributed by atoms with Crippen LogP contribution in [0.1, 0.15) is 19.8 Å². The summed E-state index contributed by atoms with van der Waals surface area (Å²) in [6, 6.07) is 5.89. The van der Waals surface area contributed by atoms with E-state index >= 15 is 0 Å². The average Bonchev–Trinajstić information content (AvgIpc) is 2.94. The van der Waals surface area contributed by atoms with Crippen molar-refractivity contribution >= 4 is 17.5 Å². The molecule has 1 saturated heterocycles. The van der Waals surface area contributed by atoms with E-state index in [4.69, 9.17) is 10.5 Å². The minimum Gasteiger partial charge on any atom is -0.491 e. The van der Waals surface area contributed by atoms with Gasteiger partial charge in [-0.05, 0) is 25.0 Å². The van der Waals surface area contributed by atoms with Gasteiger partial charge < -0.3 is 25.4 Å². The number of rotatable bonds is 5. The number of benzene rings is 1. The standard InChI is InChI=1S/C15H23N3O3/c1-3-9-21-13-6-4-5-12(14(13)16)18-8-7-11(10-18)17-15(19)20-2/h4-6,11H,3,7-10,16H2,1-2H3,(H,17,19). The highest BCUT2D eigenvalue weighted by Crippen LogP contribution is 2.34. The number of hydrogen-bond donors (Lipinski definition) is 2. The van der Waals surface area contributed by atoms with E-state index in [1.54, 1.807) is 0 Å². The Hall–Kier alpha value is -2.11. The van der Waals surface area contributed by atoms with Gasteiger partial charge in [-0.25, -0.2) is 4.79 Å². The molecular weight excluding hydrogens is 270 g/mol. The number of para-hydroxylation sites is 1. The van der Waals surface area contributed by atoms with Crippen molar-refractivity contribution in [3.63, 3.8) is 0 Å². The van der Waals surface area contributed by atoms with Gasteiger partial charge in [0.05, 0.1) is 31.1 Å². The lowest BCUT2D eigenvalue weighted by Crippen LogP contribution is -2.37. The molecule has 21 heavy (non-hydrogen) atoms. The summed E-state index contributed by atoms with van der Waals surface area (Å²) in [5.41, 5.74) is 7.81. The molecule has 1 aromatic rings. The molecule has 2 rings (SSSR count). The number of hydrogen-bond acceptors (Lipinski definition) is 5. The minimum absolute atomic E-state index is 0.0806. The van der Waals surface area contributed by atoms with Crippen molar-refractivity contribution in [2.24, 2.45) is 0 Å². The van der Waals surface area contributed by atoms with Crippen molar-refractivity contribution in [2.45, 2.75) is 25.8 Å². The Kier molecular flexibility index (Phi) is 5.14. The lowest BCUT2D eigenvalue weighted by molar-refractivity contribution is 0.167. The Labute approximate surface area is 125 Å². The molecule has 1 fully saturated rings. The normalized spacial score (nSPS) is 17.6. The zero-order valence-corrected chi connectivity index (χ0v) is 12.6. The summed E-state index contributed by atoms with van der Waals surface area (Å²) >= 11 is 0. The Bertz CT molecular complexity index is 493. The Morgan fingerprint density at radius 3 is 3.05 bits per heavy atom. The van der Waals surface area contributed by atoms with Gasteiger partial charge in [0, 0.05) is 13.1 Å². The van der Waals surface area contributed by atoms with Crippen LogP contribution < -0.4 is 20.7 Å². The fourth-order valence-corrected chi connectivity index (χ4v) is 2.47. The van der Waals surface area contributed by atoms with E-state index in [1.165, 1.54) is 7.11 Å². The fourth-order valence-electron chi connectivity index (χ4n) is 2.47. The van der Waals surface area contributed by atoms with Gasteiger partial charge in [-0.2, -0.15) is 0 Å². The monoisotopic (exact) mass is 293 g/mol. The number of methoxy groups -OCH3 is 1. The van der Waals surface area contributed by atoms with E-state index in [1.807, 2.05) is 18.2 Å². The van der Waals surface area contributed by atoms with Crippen molar-refractivity contribution in [1.29, 1.82) is 0 Å². The first-order chi connectivity index (χ1) is 10.2. The lowest BCUT2D eigenvalue weighted by atomic mass is 10.2. The Morgan fingerprint density at radius 1 is 1.52 bits per heavy atom. The highest BCUT2D eigenvalue weighted by Gasteiger charge is 2.26. The van der Waals surface area contributed by atoms with Gasteiger partial charge in [0.25, 0.3) is 0 Å². The van der Waals surface area contributed by atoms with Gasteiger partial charge in [0.15, 0.2) is 0 Å². The second kappa shape index (κ2) is 7.06. The molecule has 0 aliphatic carbocycles. The predicted octanol–water partition coefficient (Wildman–Crippen LogP) is 1.99. The summed E-state index contributed by atoms with van der Waals surface area (Å²) in [6.45, 7) is 4.27. The first kappa shape index (κ1) is 15.3. The number of ether oxygens (including phenoxy) is 2. The molecule has 1 aromatic carbocycles. The quantitative estimate of drug-likeness (QED) is 0.812. The number of nitrogens with zero attached hydrogens (tertiary/aromatic N) is 1. The van der Waals surface area contributed by atoms with Crippen molar-refractivity contribution < 1.29 is 14.3 Å². The molecule has 6 heteroatoms. The molecule has 1 amide bonds. The lowest BCUT2D eigenvalue weighted by Gasteiger charge is -2.22. The maximum absolute atomic E-state index is 11.3. The molecule has 0 bridgehead atoms. The molecule has 1 heterocycles. The number of anilines is 2. The number of nitrogens with two attached hydrogens (primary N) is 1. The van der Waals surface area contributed by atoms with Crippen LogP contribution in [-0.2, 0) is 4.74 Å². The first-order valence-electron chi connectivity index (χ1n) is 7.26. The van der Waals surface area contributed by atoms with E-state index in [-0.39, 0.29) is 6.04 Å². The minimum atomic E-state index is -0.394. The zero-order chi connectivity index (χ0) is 15.2. The Balaban J connectivity index is 2.04. The van der Waals surface area contributed by atoms with Crippen LogP contribution in [0.15, 0.2) is 18.2 Å². The molecule has 0 saturated carbocycles. The van der Waals surface area contributed by atoms with Crippen LogP contribution in [-0.4, -0.2) is 38.9 Å². The van der Waals surface area contributed by atoms with Crippen LogP contribution in [0.5, 0.6) is 5.75 Å². The summed E-state index contributed by atoms with van der Waals surface area (Å²) in [5, 5.41) is 2.82. The number of carbonyl (C=O) groups excluding carboxylic acids is 1. The van der Waals surface area contributed by atoms with Gasteiger partial charge >= 0.3 is 6.09 Å². The SMILES string of the molecule is CCCOc1cccc(N2CCC(NC(=O)OC)C2)c1N. The van der Waals surface area contributed by atoms with Crippen LogP contribution >= 0.6 is 0 Å². The molecule has 116 valence electrons. The molecule has 0 spiro atoms. The molecule has 1 aliphatic rings. The second-order valence-corrected chi connectivity index (χ2v) is 5.10. The van der Waals surface area contributed by atoms with Crippen LogP contribution in [0.25, 0.3) is 0 Å². The third-order valence-electron chi connectivity index (χ3n) is 3.54. The molecule has 0 aromatic heterocycles. The largest absolute Gasteiger partial charge is 0.491 e. The summed E-state index contributed by atoms with van der Waals surface area (Å²) in [7, 11) is 1.37. The van der Waals surface area contributed by atoms with E-state index < -0.39 is 6.09 Å². The van der Waals surface area contributed by atoms with Gasteiger partial charge in [-0.15, -0.1) is 0 Å². The highest BCUT2D eigenvalue weighted by molar-refractivity contribution is 5.75. The van der Waals surface area contributed by atoms with E-state index in [0.717, 1.165) is 37.4 Å². The molecular formula is C15H23N3O3. The van der Waals surface area contributed by atoms with E-state index in [0.29, 0.717) is 12.3 Å². The van der Waals surface area contributed by atoms with Gasteiger partial charge in [-0.1, -0.05) is 13.0 Å². The van der Waals surface area contributed by atoms with Gasteiger partial charge in [0.2, 0.25) is 0 Å². The van der Waals surface area contributed by atoms with E-state index in [2.05, 4.69) is 21.9 Å². The van der Waals surface area contributed by atoms with Crippen molar-refractivity contribution in [1.82, 2.24) is 5.32 Å². The third kappa shape index (κ3) is 3.71. The predicted molar refractivity (Wildman–Crippen MR) is 82.8 cm³/mol. The molecule has 0 radical (unpaired) electrons. The van der Waals surface area contributed by atoms with Gasteiger partial charge in [0.1, 0.15) is 5.75 Å². The summed E-state index contributed by atoms with van der Waals surface area (Å²) < 4.78 is 10.3. The van der Waals surface area contributed by atoms with Crippen molar-refractivity contribution in [3.8, 4) is 5.75 Å². The average molecular weight is 293 g/mol. The van der Waals surface area contributed by atoms with Crippen molar-refractivity contribution in [2.75, 3.05) is 37.4 Å². The summed E-state index contributed by atoms with van der Waals surface area (Å²) in [4.78, 5) is 13.4. The number of alkyl carbamates (subject to hydrolysis) is 1. The van der Waals surface area contributed by atoms with Gasteiger partial charge in [-0.3, -0.25) is 0 Å². The zero-order valence-electron chi connectivity index (χ0n) is 12.6.